The Morgan fingerprint density at radius 1 is 1.06 bits per heavy atom. The molecule has 4 heteroatoms. The van der Waals surface area contributed by atoms with Crippen LogP contribution in [0.15, 0.2) is 30.3 Å². The lowest BCUT2D eigenvalue weighted by atomic mass is 10.1. The van der Waals surface area contributed by atoms with E-state index >= 15 is 0 Å². The molecule has 1 fully saturated rings. The van der Waals surface area contributed by atoms with E-state index in [1.54, 1.807) is 12.1 Å². The maximum absolute atomic E-state index is 12.6. The molecule has 1 aromatic carbocycles. The van der Waals surface area contributed by atoms with E-state index in [1.807, 2.05) is 32.0 Å². The summed E-state index contributed by atoms with van der Waals surface area (Å²) in [6.45, 7) is 3.88. The van der Waals surface area contributed by atoms with Crippen LogP contribution < -0.4 is 5.30 Å². The lowest BCUT2D eigenvalue weighted by molar-refractivity contribution is 0.175. The molecular weight excluding hydrogens is 223 g/mol. The molecule has 16 heavy (non-hydrogen) atoms. The van der Waals surface area contributed by atoms with Crippen LogP contribution in [-0.4, -0.2) is 12.2 Å². The van der Waals surface area contributed by atoms with E-state index in [1.165, 1.54) is 0 Å². The smallest absolute Gasteiger partial charge is 0.302 e. The molecule has 2 rings (SSSR count). The van der Waals surface area contributed by atoms with E-state index in [9.17, 15) is 4.57 Å². The Bertz CT molecular complexity index is 375. The van der Waals surface area contributed by atoms with Crippen molar-refractivity contribution in [2.45, 2.75) is 38.9 Å². The van der Waals surface area contributed by atoms with Crippen LogP contribution >= 0.6 is 7.60 Å². The van der Waals surface area contributed by atoms with Crippen LogP contribution in [0.4, 0.5) is 0 Å². The number of benzene rings is 1. The zero-order valence-electron chi connectivity index (χ0n) is 9.63. The van der Waals surface area contributed by atoms with Gasteiger partial charge in [-0.1, -0.05) is 18.2 Å². The average Bonchev–Trinajstić information content (AvgIpc) is 2.40. The maximum Gasteiger partial charge on any atom is 0.361 e. The first-order valence-electron chi connectivity index (χ1n) is 5.62. The summed E-state index contributed by atoms with van der Waals surface area (Å²) in [5.74, 6) is 0. The molecule has 0 unspecified atom stereocenters. The lowest BCUT2D eigenvalue weighted by Gasteiger charge is -2.20. The highest BCUT2D eigenvalue weighted by atomic mass is 31.2. The van der Waals surface area contributed by atoms with Crippen molar-refractivity contribution in [3.05, 3.63) is 30.3 Å². The molecule has 1 aliphatic rings. The van der Waals surface area contributed by atoms with Crippen molar-refractivity contribution in [3.8, 4) is 0 Å². The van der Waals surface area contributed by atoms with E-state index in [2.05, 4.69) is 0 Å². The molecule has 0 aliphatic carbocycles. The summed E-state index contributed by atoms with van der Waals surface area (Å²) in [4.78, 5) is 0. The monoisotopic (exact) mass is 240 g/mol. The predicted octanol–water partition coefficient (Wildman–Crippen LogP) is 3.11. The van der Waals surface area contributed by atoms with Gasteiger partial charge in [0.15, 0.2) is 0 Å². The van der Waals surface area contributed by atoms with Gasteiger partial charge in [-0.2, -0.15) is 0 Å². The van der Waals surface area contributed by atoms with Crippen molar-refractivity contribution < 1.29 is 13.6 Å². The van der Waals surface area contributed by atoms with Gasteiger partial charge in [-0.3, -0.25) is 4.57 Å². The summed E-state index contributed by atoms with van der Waals surface area (Å²) in [7, 11) is -3.12. The minimum Gasteiger partial charge on any atom is -0.302 e. The Kier molecular flexibility index (Phi) is 3.48. The fraction of sp³-hybridized carbons (Fsp3) is 0.500. The molecule has 0 amide bonds. The number of hydrogen-bond acceptors (Lipinski definition) is 3. The van der Waals surface area contributed by atoms with Crippen LogP contribution in [0, 0.1) is 0 Å². The molecule has 1 aliphatic heterocycles. The van der Waals surface area contributed by atoms with Gasteiger partial charge in [0.1, 0.15) is 0 Å². The summed E-state index contributed by atoms with van der Waals surface area (Å²) < 4.78 is 23.8. The van der Waals surface area contributed by atoms with E-state index in [0.717, 1.165) is 12.8 Å². The van der Waals surface area contributed by atoms with Gasteiger partial charge in [0.05, 0.1) is 17.5 Å². The van der Waals surface area contributed by atoms with Gasteiger partial charge in [-0.05, 0) is 38.8 Å². The molecule has 0 saturated carbocycles. The summed E-state index contributed by atoms with van der Waals surface area (Å²) in [6.07, 6.45) is 1.74. The quantitative estimate of drug-likeness (QED) is 0.707. The first kappa shape index (κ1) is 11.8. The largest absolute Gasteiger partial charge is 0.361 e. The van der Waals surface area contributed by atoms with Crippen molar-refractivity contribution in [1.29, 1.82) is 0 Å². The lowest BCUT2D eigenvalue weighted by Crippen LogP contribution is -2.14. The Morgan fingerprint density at radius 3 is 2.06 bits per heavy atom. The van der Waals surface area contributed by atoms with Gasteiger partial charge in [0.25, 0.3) is 0 Å². The molecule has 0 N–H and O–H groups in total. The first-order chi connectivity index (χ1) is 7.60. The van der Waals surface area contributed by atoms with Crippen LogP contribution in [-0.2, 0) is 13.6 Å². The average molecular weight is 240 g/mol. The molecule has 0 radical (unpaired) electrons. The first-order valence-corrected chi connectivity index (χ1v) is 7.17. The van der Waals surface area contributed by atoms with Gasteiger partial charge < -0.3 is 9.05 Å². The third-order valence-electron chi connectivity index (χ3n) is 2.69. The van der Waals surface area contributed by atoms with E-state index in [0.29, 0.717) is 5.30 Å². The second-order valence-corrected chi connectivity index (χ2v) is 6.18. The third kappa shape index (κ3) is 2.54. The predicted molar refractivity (Wildman–Crippen MR) is 64.0 cm³/mol. The Hall–Kier alpha value is -0.630. The Morgan fingerprint density at radius 2 is 1.56 bits per heavy atom. The van der Waals surface area contributed by atoms with Crippen molar-refractivity contribution in [1.82, 2.24) is 0 Å². The number of hydrogen-bond donors (Lipinski definition) is 0. The molecule has 3 nitrogen and oxygen atoms in total. The summed E-state index contributed by atoms with van der Waals surface area (Å²) in [6, 6.07) is 9.18. The van der Waals surface area contributed by atoms with Gasteiger partial charge in [0.2, 0.25) is 0 Å². The third-order valence-corrected chi connectivity index (χ3v) is 4.90. The normalized spacial score (nSPS) is 29.6. The molecule has 88 valence electrons. The van der Waals surface area contributed by atoms with E-state index in [-0.39, 0.29) is 12.2 Å². The maximum atomic E-state index is 12.6. The molecule has 0 aromatic heterocycles. The zero-order chi connectivity index (χ0) is 11.6. The fourth-order valence-electron chi connectivity index (χ4n) is 1.81. The van der Waals surface area contributed by atoms with Gasteiger partial charge in [-0.25, -0.2) is 0 Å². The van der Waals surface area contributed by atoms with E-state index < -0.39 is 7.60 Å². The second-order valence-electron chi connectivity index (χ2n) is 4.24. The van der Waals surface area contributed by atoms with Gasteiger partial charge in [-0.15, -0.1) is 0 Å². The van der Waals surface area contributed by atoms with Crippen molar-refractivity contribution in [3.63, 3.8) is 0 Å². The second kappa shape index (κ2) is 4.70. The van der Waals surface area contributed by atoms with Crippen LogP contribution in [0.5, 0.6) is 0 Å². The topological polar surface area (TPSA) is 35.5 Å². The van der Waals surface area contributed by atoms with Crippen LogP contribution in [0.3, 0.4) is 0 Å². The summed E-state index contributed by atoms with van der Waals surface area (Å²) >= 11 is 0. The molecule has 1 saturated heterocycles. The van der Waals surface area contributed by atoms with Crippen molar-refractivity contribution in [2.75, 3.05) is 0 Å². The highest BCUT2D eigenvalue weighted by molar-refractivity contribution is 7.62. The standard InChI is InChI=1S/C12H17O3P/c1-10-8-9-11(2)15-16(13,14-10)12-6-4-3-5-7-12/h3-7,10-11H,8-9H2,1-2H3/t10-,11-/m0/s1. The molecule has 0 bridgehead atoms. The summed E-state index contributed by atoms with van der Waals surface area (Å²) in [5.41, 5.74) is 0. The minimum atomic E-state index is -3.12. The van der Waals surface area contributed by atoms with Crippen LogP contribution in [0.1, 0.15) is 26.7 Å². The minimum absolute atomic E-state index is 0.0176. The fourth-order valence-corrected chi connectivity index (χ4v) is 3.79. The highest BCUT2D eigenvalue weighted by Crippen LogP contribution is 2.51. The Balaban J connectivity index is 2.32. The molecule has 1 aromatic rings. The zero-order valence-corrected chi connectivity index (χ0v) is 10.5. The molecular formula is C12H17O3P. The van der Waals surface area contributed by atoms with E-state index in [4.69, 9.17) is 9.05 Å². The summed E-state index contributed by atoms with van der Waals surface area (Å²) in [5, 5.41) is 0.649. The molecule has 2 atom stereocenters. The van der Waals surface area contributed by atoms with Crippen LogP contribution in [0.2, 0.25) is 0 Å². The van der Waals surface area contributed by atoms with Crippen LogP contribution in [0.25, 0.3) is 0 Å². The highest BCUT2D eigenvalue weighted by Gasteiger charge is 2.34. The Labute approximate surface area is 96.3 Å². The number of rotatable bonds is 1. The molecule has 0 spiro atoms. The van der Waals surface area contributed by atoms with Crippen molar-refractivity contribution in [2.24, 2.45) is 0 Å². The van der Waals surface area contributed by atoms with Gasteiger partial charge in [0, 0.05) is 0 Å². The molecule has 1 heterocycles. The SMILES string of the molecule is C[C@H]1CC[C@H](C)OP(=O)(c2ccccc2)O1. The van der Waals surface area contributed by atoms with Crippen molar-refractivity contribution >= 4 is 12.9 Å². The van der Waals surface area contributed by atoms with Gasteiger partial charge >= 0.3 is 7.60 Å².